The van der Waals surface area contributed by atoms with Gasteiger partial charge in [0, 0.05) is 0 Å². The maximum Gasteiger partial charge on any atom is 0.142 e. The van der Waals surface area contributed by atoms with E-state index in [0.29, 0.717) is 17.5 Å². The summed E-state index contributed by atoms with van der Waals surface area (Å²) in [5, 5.41) is 0.0923. The van der Waals surface area contributed by atoms with Gasteiger partial charge in [0.15, 0.2) is 0 Å². The molecule has 0 N–H and O–H groups in total. The second-order valence-corrected chi connectivity index (χ2v) is 4.59. The number of benzene rings is 2. The SMILES string of the molecule is CCCc1cc(-c2ccc(Cl)c(F)c2)ccc1F. The highest BCUT2D eigenvalue weighted by Crippen LogP contribution is 2.26. The van der Waals surface area contributed by atoms with Crippen molar-refractivity contribution >= 4 is 11.6 Å². The van der Waals surface area contributed by atoms with Gasteiger partial charge in [0.1, 0.15) is 11.6 Å². The fourth-order valence-corrected chi connectivity index (χ4v) is 2.01. The Morgan fingerprint density at radius 3 is 2.28 bits per heavy atom. The van der Waals surface area contributed by atoms with Crippen LogP contribution in [0, 0.1) is 11.6 Å². The largest absolute Gasteiger partial charge is 0.207 e. The van der Waals surface area contributed by atoms with Crippen LogP contribution in [0.5, 0.6) is 0 Å². The van der Waals surface area contributed by atoms with Crippen LogP contribution in [0.4, 0.5) is 8.78 Å². The Morgan fingerprint density at radius 2 is 1.61 bits per heavy atom. The van der Waals surface area contributed by atoms with Crippen molar-refractivity contribution in [2.45, 2.75) is 19.8 Å². The molecule has 0 heterocycles. The van der Waals surface area contributed by atoms with Crippen molar-refractivity contribution in [2.75, 3.05) is 0 Å². The van der Waals surface area contributed by atoms with Gasteiger partial charge in [-0.05, 0) is 47.4 Å². The molecule has 0 nitrogen and oxygen atoms in total. The van der Waals surface area contributed by atoms with Crippen LogP contribution >= 0.6 is 11.6 Å². The van der Waals surface area contributed by atoms with Gasteiger partial charge in [-0.2, -0.15) is 0 Å². The highest BCUT2D eigenvalue weighted by molar-refractivity contribution is 6.30. The Labute approximate surface area is 110 Å². The first-order valence-corrected chi connectivity index (χ1v) is 6.23. The van der Waals surface area contributed by atoms with Crippen LogP contribution in [-0.4, -0.2) is 0 Å². The van der Waals surface area contributed by atoms with Gasteiger partial charge < -0.3 is 0 Å². The number of rotatable bonds is 3. The second-order valence-electron chi connectivity index (χ2n) is 4.19. The van der Waals surface area contributed by atoms with Gasteiger partial charge in [-0.25, -0.2) is 8.78 Å². The van der Waals surface area contributed by atoms with Crippen LogP contribution < -0.4 is 0 Å². The van der Waals surface area contributed by atoms with E-state index in [1.807, 2.05) is 6.92 Å². The first-order valence-electron chi connectivity index (χ1n) is 5.85. The minimum Gasteiger partial charge on any atom is -0.207 e. The van der Waals surface area contributed by atoms with Crippen molar-refractivity contribution in [2.24, 2.45) is 0 Å². The van der Waals surface area contributed by atoms with Crippen molar-refractivity contribution in [3.8, 4) is 11.1 Å². The van der Waals surface area contributed by atoms with Crippen LogP contribution in [0.1, 0.15) is 18.9 Å². The third-order valence-electron chi connectivity index (χ3n) is 2.82. The summed E-state index contributed by atoms with van der Waals surface area (Å²) >= 11 is 5.64. The molecule has 0 bridgehead atoms. The first kappa shape index (κ1) is 13.0. The lowest BCUT2D eigenvalue weighted by atomic mass is 10.0. The Balaban J connectivity index is 2.44. The summed E-state index contributed by atoms with van der Waals surface area (Å²) in [6.45, 7) is 1.99. The molecule has 0 amide bonds. The molecule has 18 heavy (non-hydrogen) atoms. The zero-order valence-corrected chi connectivity index (χ0v) is 10.8. The summed E-state index contributed by atoms with van der Waals surface area (Å²) in [7, 11) is 0. The molecule has 0 aliphatic heterocycles. The molecular weight excluding hydrogens is 254 g/mol. The molecule has 0 aromatic heterocycles. The van der Waals surface area contributed by atoms with Crippen molar-refractivity contribution in [1.29, 1.82) is 0 Å². The maximum atomic E-state index is 13.5. The lowest BCUT2D eigenvalue weighted by Crippen LogP contribution is -1.91. The first-order chi connectivity index (χ1) is 8.61. The predicted molar refractivity (Wildman–Crippen MR) is 70.8 cm³/mol. The van der Waals surface area contributed by atoms with E-state index in [4.69, 9.17) is 11.6 Å². The van der Waals surface area contributed by atoms with Crippen molar-refractivity contribution in [1.82, 2.24) is 0 Å². The Morgan fingerprint density at radius 1 is 0.944 bits per heavy atom. The molecule has 0 saturated carbocycles. The quantitative estimate of drug-likeness (QED) is 0.713. The van der Waals surface area contributed by atoms with Gasteiger partial charge in [0.2, 0.25) is 0 Å². The van der Waals surface area contributed by atoms with E-state index in [1.165, 1.54) is 18.2 Å². The number of hydrogen-bond acceptors (Lipinski definition) is 0. The van der Waals surface area contributed by atoms with Crippen molar-refractivity contribution < 1.29 is 8.78 Å². The molecule has 0 aliphatic carbocycles. The molecule has 0 saturated heterocycles. The fourth-order valence-electron chi connectivity index (χ4n) is 1.89. The van der Waals surface area contributed by atoms with Crippen LogP contribution in [0.15, 0.2) is 36.4 Å². The number of hydrogen-bond donors (Lipinski definition) is 0. The van der Waals surface area contributed by atoms with Crippen molar-refractivity contribution in [3.05, 3.63) is 58.6 Å². The molecular formula is C15H13ClF2. The molecule has 0 unspecified atom stereocenters. The van der Waals surface area contributed by atoms with E-state index in [9.17, 15) is 8.78 Å². The van der Waals surface area contributed by atoms with Crippen LogP contribution in [-0.2, 0) is 6.42 Å². The average molecular weight is 267 g/mol. The van der Waals surface area contributed by atoms with Crippen LogP contribution in [0.2, 0.25) is 5.02 Å². The molecule has 3 heteroatoms. The van der Waals surface area contributed by atoms with Gasteiger partial charge in [-0.3, -0.25) is 0 Å². The van der Waals surface area contributed by atoms with Crippen LogP contribution in [0.25, 0.3) is 11.1 Å². The summed E-state index contributed by atoms with van der Waals surface area (Å²) in [4.78, 5) is 0. The molecule has 2 aromatic carbocycles. The molecule has 0 fully saturated rings. The van der Waals surface area contributed by atoms with Gasteiger partial charge >= 0.3 is 0 Å². The Bertz CT molecular complexity index is 564. The van der Waals surface area contributed by atoms with Gasteiger partial charge in [0.25, 0.3) is 0 Å². The molecule has 0 radical (unpaired) electrons. The third kappa shape index (κ3) is 2.70. The molecule has 0 aliphatic rings. The van der Waals surface area contributed by atoms with E-state index >= 15 is 0 Å². The third-order valence-corrected chi connectivity index (χ3v) is 3.12. The summed E-state index contributed by atoms with van der Waals surface area (Å²) in [5.41, 5.74) is 2.16. The molecule has 2 aromatic rings. The molecule has 0 atom stereocenters. The van der Waals surface area contributed by atoms with Gasteiger partial charge in [0.05, 0.1) is 5.02 Å². The standard InChI is InChI=1S/C15H13ClF2/c1-2-3-12-8-10(5-7-14(12)17)11-4-6-13(16)15(18)9-11/h4-9H,2-3H2,1H3. The summed E-state index contributed by atoms with van der Waals surface area (Å²) < 4.78 is 26.9. The highest BCUT2D eigenvalue weighted by atomic mass is 35.5. The fraction of sp³-hybridized carbons (Fsp3) is 0.200. The number of aryl methyl sites for hydroxylation is 1. The normalized spacial score (nSPS) is 10.7. The van der Waals surface area contributed by atoms with Crippen molar-refractivity contribution in [3.63, 3.8) is 0 Å². The smallest absolute Gasteiger partial charge is 0.142 e. The lowest BCUT2D eigenvalue weighted by Gasteiger charge is -2.07. The lowest BCUT2D eigenvalue weighted by molar-refractivity contribution is 0.607. The monoisotopic (exact) mass is 266 g/mol. The predicted octanol–water partition coefficient (Wildman–Crippen LogP) is 5.24. The zero-order chi connectivity index (χ0) is 13.1. The van der Waals surface area contributed by atoms with Gasteiger partial charge in [-0.1, -0.05) is 37.1 Å². The second kappa shape index (κ2) is 5.49. The molecule has 2 rings (SSSR count). The zero-order valence-electron chi connectivity index (χ0n) is 10.0. The van der Waals surface area contributed by atoms with E-state index in [-0.39, 0.29) is 10.8 Å². The average Bonchev–Trinajstić information content (AvgIpc) is 2.36. The summed E-state index contributed by atoms with van der Waals surface area (Å²) in [5.74, 6) is -0.675. The summed E-state index contributed by atoms with van der Waals surface area (Å²) in [6.07, 6.45) is 1.55. The summed E-state index contributed by atoms with van der Waals surface area (Å²) in [6, 6.07) is 9.44. The number of halogens is 3. The maximum absolute atomic E-state index is 13.5. The molecule has 0 spiro atoms. The van der Waals surface area contributed by atoms with E-state index in [2.05, 4.69) is 0 Å². The Hall–Kier alpha value is -1.41. The van der Waals surface area contributed by atoms with Crippen LogP contribution in [0.3, 0.4) is 0 Å². The van der Waals surface area contributed by atoms with E-state index < -0.39 is 5.82 Å². The van der Waals surface area contributed by atoms with Gasteiger partial charge in [-0.15, -0.1) is 0 Å². The van der Waals surface area contributed by atoms with E-state index in [0.717, 1.165) is 12.0 Å². The minimum atomic E-state index is -0.462. The minimum absolute atomic E-state index is 0.0923. The topological polar surface area (TPSA) is 0 Å². The van der Waals surface area contributed by atoms with E-state index in [1.54, 1.807) is 18.2 Å². The highest BCUT2D eigenvalue weighted by Gasteiger charge is 2.07. The molecule has 94 valence electrons. The Kier molecular flexibility index (Phi) is 3.97.